The minimum absolute atomic E-state index is 0.494. The minimum atomic E-state index is -0.811. The van der Waals surface area contributed by atoms with Crippen LogP contribution in [0.3, 0.4) is 0 Å². The number of fused-ring (bicyclic) bond motifs is 2. The number of aromatic nitrogens is 1. The molecular formula is C17H16ClNO2. The molecule has 3 rings (SSSR count). The third-order valence-corrected chi connectivity index (χ3v) is 4.04. The Morgan fingerprint density at radius 1 is 1.19 bits per heavy atom. The van der Waals surface area contributed by atoms with Crippen LogP contribution in [0.5, 0.6) is 0 Å². The molecular weight excluding hydrogens is 286 g/mol. The lowest BCUT2D eigenvalue weighted by Crippen LogP contribution is -2.06. The molecule has 1 aliphatic rings. The van der Waals surface area contributed by atoms with E-state index in [1.54, 1.807) is 19.2 Å². The Balaban J connectivity index is 2.24. The van der Waals surface area contributed by atoms with Crippen LogP contribution in [0.25, 0.3) is 12.2 Å². The van der Waals surface area contributed by atoms with Gasteiger partial charge < -0.3 is 10.2 Å². The number of aliphatic hydroxyl groups is 2. The Hall–Kier alpha value is -1.68. The van der Waals surface area contributed by atoms with Crippen molar-refractivity contribution in [2.45, 2.75) is 26.1 Å². The third-order valence-electron chi connectivity index (χ3n) is 3.84. The fourth-order valence-electron chi connectivity index (χ4n) is 2.70. The van der Waals surface area contributed by atoms with Crippen LogP contribution in [0.15, 0.2) is 24.4 Å². The number of aryl methyl sites for hydroxylation is 1. The van der Waals surface area contributed by atoms with Gasteiger partial charge in [0.25, 0.3) is 0 Å². The van der Waals surface area contributed by atoms with Gasteiger partial charge in [-0.05, 0) is 54.3 Å². The predicted molar refractivity (Wildman–Crippen MR) is 84.0 cm³/mol. The van der Waals surface area contributed by atoms with Crippen molar-refractivity contribution in [1.29, 1.82) is 0 Å². The van der Waals surface area contributed by atoms with Crippen molar-refractivity contribution < 1.29 is 10.2 Å². The van der Waals surface area contributed by atoms with Crippen molar-refractivity contribution in [3.8, 4) is 0 Å². The van der Waals surface area contributed by atoms with Gasteiger partial charge in [0.2, 0.25) is 0 Å². The Kier molecular flexibility index (Phi) is 3.57. The topological polar surface area (TPSA) is 53.4 Å². The Bertz CT molecular complexity index is 738. The quantitative estimate of drug-likeness (QED) is 0.845. The number of nitrogens with zero attached hydrogens (tertiary/aromatic N) is 1. The molecule has 4 heteroatoms. The molecule has 1 aromatic heterocycles. The smallest absolute Gasteiger partial charge is 0.107 e. The normalized spacial score (nSPS) is 17.9. The maximum Gasteiger partial charge on any atom is 0.107 e. The minimum Gasteiger partial charge on any atom is -0.389 e. The van der Waals surface area contributed by atoms with Gasteiger partial charge in [0.05, 0.1) is 16.8 Å². The Morgan fingerprint density at radius 3 is 2.67 bits per heavy atom. The summed E-state index contributed by atoms with van der Waals surface area (Å²) in [6, 6.07) is 5.52. The molecule has 21 heavy (non-hydrogen) atoms. The molecule has 0 saturated heterocycles. The van der Waals surface area contributed by atoms with Gasteiger partial charge in [-0.15, -0.1) is 0 Å². The molecule has 0 bridgehead atoms. The largest absolute Gasteiger partial charge is 0.389 e. The SMILES string of the molecule is Cc1cc(C(C)O)cc2c1C=Cc1ncc(Cl)cc1C2O. The first-order chi connectivity index (χ1) is 9.97. The van der Waals surface area contributed by atoms with E-state index in [4.69, 9.17) is 11.6 Å². The van der Waals surface area contributed by atoms with Gasteiger partial charge in [-0.25, -0.2) is 0 Å². The first kappa shape index (κ1) is 14.3. The summed E-state index contributed by atoms with van der Waals surface area (Å²) in [7, 11) is 0. The van der Waals surface area contributed by atoms with E-state index in [9.17, 15) is 10.2 Å². The second kappa shape index (κ2) is 5.26. The number of rotatable bonds is 1. The summed E-state index contributed by atoms with van der Waals surface area (Å²) in [6.07, 6.45) is 4.02. The molecule has 3 nitrogen and oxygen atoms in total. The molecule has 2 aromatic rings. The molecule has 0 amide bonds. The summed E-state index contributed by atoms with van der Waals surface area (Å²) in [5, 5.41) is 21.0. The van der Waals surface area contributed by atoms with Gasteiger partial charge in [0.15, 0.2) is 0 Å². The zero-order valence-corrected chi connectivity index (χ0v) is 12.6. The standard InChI is InChI=1S/C17H16ClNO2/c1-9-5-11(10(2)20)6-14-13(9)3-4-16-15(17(14)21)7-12(18)8-19-16/h3-8,10,17,20-21H,1-2H3. The number of aliphatic hydroxyl groups excluding tert-OH is 2. The summed E-state index contributed by atoms with van der Waals surface area (Å²) >= 11 is 6.00. The lowest BCUT2D eigenvalue weighted by atomic mass is 9.92. The van der Waals surface area contributed by atoms with E-state index in [1.165, 1.54) is 0 Å². The van der Waals surface area contributed by atoms with Crippen molar-refractivity contribution in [3.63, 3.8) is 0 Å². The zero-order valence-electron chi connectivity index (χ0n) is 11.8. The van der Waals surface area contributed by atoms with E-state index in [1.807, 2.05) is 31.2 Å². The Morgan fingerprint density at radius 2 is 1.95 bits per heavy atom. The van der Waals surface area contributed by atoms with Crippen LogP contribution < -0.4 is 0 Å². The molecule has 2 unspecified atom stereocenters. The van der Waals surface area contributed by atoms with Crippen LogP contribution >= 0.6 is 11.6 Å². The molecule has 0 aliphatic heterocycles. The maximum absolute atomic E-state index is 10.7. The van der Waals surface area contributed by atoms with Crippen molar-refractivity contribution >= 4 is 23.8 Å². The summed E-state index contributed by atoms with van der Waals surface area (Å²) < 4.78 is 0. The van der Waals surface area contributed by atoms with Crippen molar-refractivity contribution in [3.05, 3.63) is 62.9 Å². The summed E-state index contributed by atoms with van der Waals surface area (Å²) in [4.78, 5) is 4.27. The van der Waals surface area contributed by atoms with E-state index in [-0.39, 0.29) is 0 Å². The second-order valence-electron chi connectivity index (χ2n) is 5.38. The Labute approximate surface area is 128 Å². The second-order valence-corrected chi connectivity index (χ2v) is 5.82. The van der Waals surface area contributed by atoms with Gasteiger partial charge in [-0.2, -0.15) is 0 Å². The molecule has 2 atom stereocenters. The average molecular weight is 302 g/mol. The van der Waals surface area contributed by atoms with Gasteiger partial charge in [0.1, 0.15) is 6.10 Å². The van der Waals surface area contributed by atoms with Crippen LogP contribution in [0, 0.1) is 6.92 Å². The molecule has 1 heterocycles. The van der Waals surface area contributed by atoms with Gasteiger partial charge in [-0.3, -0.25) is 4.98 Å². The first-order valence-electron chi connectivity index (χ1n) is 6.81. The van der Waals surface area contributed by atoms with Crippen molar-refractivity contribution in [1.82, 2.24) is 4.98 Å². The molecule has 0 saturated carbocycles. The van der Waals surface area contributed by atoms with E-state index in [2.05, 4.69) is 4.98 Å². The lowest BCUT2D eigenvalue weighted by Gasteiger charge is -2.18. The monoisotopic (exact) mass is 301 g/mol. The molecule has 108 valence electrons. The zero-order chi connectivity index (χ0) is 15.1. The number of halogens is 1. The van der Waals surface area contributed by atoms with Crippen LogP contribution in [-0.2, 0) is 0 Å². The van der Waals surface area contributed by atoms with E-state index in [0.717, 1.165) is 22.3 Å². The van der Waals surface area contributed by atoms with E-state index >= 15 is 0 Å². The number of benzene rings is 1. The number of hydrogen-bond acceptors (Lipinski definition) is 3. The molecule has 1 aliphatic carbocycles. The van der Waals surface area contributed by atoms with Gasteiger partial charge in [0, 0.05) is 11.8 Å². The first-order valence-corrected chi connectivity index (χ1v) is 7.19. The highest BCUT2D eigenvalue weighted by atomic mass is 35.5. The number of pyridine rings is 1. The van der Waals surface area contributed by atoms with Crippen LogP contribution in [0.2, 0.25) is 5.02 Å². The lowest BCUT2D eigenvalue weighted by molar-refractivity contribution is 0.197. The maximum atomic E-state index is 10.7. The van der Waals surface area contributed by atoms with Crippen LogP contribution in [-0.4, -0.2) is 15.2 Å². The van der Waals surface area contributed by atoms with Gasteiger partial charge >= 0.3 is 0 Å². The van der Waals surface area contributed by atoms with E-state index < -0.39 is 12.2 Å². The molecule has 0 spiro atoms. The summed E-state index contributed by atoms with van der Waals surface area (Å²) in [6.45, 7) is 3.69. The summed E-state index contributed by atoms with van der Waals surface area (Å²) in [5.41, 5.74) is 4.92. The molecule has 0 radical (unpaired) electrons. The van der Waals surface area contributed by atoms with E-state index in [0.29, 0.717) is 16.3 Å². The average Bonchev–Trinajstić information content (AvgIpc) is 2.57. The predicted octanol–water partition coefficient (Wildman–Crippen LogP) is 3.66. The highest BCUT2D eigenvalue weighted by Crippen LogP contribution is 2.36. The van der Waals surface area contributed by atoms with Gasteiger partial charge in [-0.1, -0.05) is 23.7 Å². The number of hydrogen-bond donors (Lipinski definition) is 2. The summed E-state index contributed by atoms with van der Waals surface area (Å²) in [5.74, 6) is 0. The fourth-order valence-corrected chi connectivity index (χ4v) is 2.87. The molecule has 1 aromatic carbocycles. The third kappa shape index (κ3) is 2.48. The van der Waals surface area contributed by atoms with Crippen LogP contribution in [0.1, 0.15) is 52.6 Å². The highest BCUT2D eigenvalue weighted by Gasteiger charge is 2.22. The highest BCUT2D eigenvalue weighted by molar-refractivity contribution is 6.30. The van der Waals surface area contributed by atoms with Crippen LogP contribution in [0.4, 0.5) is 0 Å². The molecule has 2 N–H and O–H groups in total. The fraction of sp³-hybridized carbons (Fsp3) is 0.235. The molecule has 0 fully saturated rings. The van der Waals surface area contributed by atoms with Crippen molar-refractivity contribution in [2.75, 3.05) is 0 Å². The van der Waals surface area contributed by atoms with Crippen molar-refractivity contribution in [2.24, 2.45) is 0 Å².